The number of hydrogen-bond donors (Lipinski definition) is 2. The first-order valence-electron chi connectivity index (χ1n) is 3.54. The van der Waals surface area contributed by atoms with Crippen LogP contribution in [0.15, 0.2) is 23.2 Å². The Morgan fingerprint density at radius 1 is 1.50 bits per heavy atom. The van der Waals surface area contributed by atoms with Gasteiger partial charge >= 0.3 is 0 Å². The highest BCUT2D eigenvalue weighted by molar-refractivity contribution is 14.1. The van der Waals surface area contributed by atoms with Crippen LogP contribution in [0.4, 0.5) is 11.4 Å². The third-order valence-corrected chi connectivity index (χ3v) is 2.26. The minimum atomic E-state index is -0.471. The number of benzene rings is 1. The van der Waals surface area contributed by atoms with Crippen molar-refractivity contribution in [2.45, 2.75) is 0 Å². The largest absolute Gasteiger partial charge is 0.370 e. The van der Waals surface area contributed by atoms with Crippen LogP contribution in [0.1, 0.15) is 0 Å². The molecule has 0 fully saturated rings. The Morgan fingerprint density at radius 3 is 2.57 bits per heavy atom. The summed E-state index contributed by atoms with van der Waals surface area (Å²) < 4.78 is 0.630. The first-order chi connectivity index (χ1) is 6.50. The van der Waals surface area contributed by atoms with Crippen molar-refractivity contribution in [3.05, 3.63) is 31.9 Å². The molecule has 1 aromatic carbocycles. The van der Waals surface area contributed by atoms with Crippen LogP contribution < -0.4 is 11.5 Å². The molecule has 0 aliphatic carbocycles. The Hall–Kier alpha value is -1.38. The van der Waals surface area contributed by atoms with Crippen molar-refractivity contribution >= 4 is 39.9 Å². The van der Waals surface area contributed by atoms with Crippen LogP contribution in [-0.2, 0) is 0 Å². The first-order valence-corrected chi connectivity index (χ1v) is 4.62. The summed E-state index contributed by atoms with van der Waals surface area (Å²) in [6, 6.07) is 4.26. The number of halogens is 1. The Labute approximate surface area is 93.3 Å². The highest BCUT2D eigenvalue weighted by Gasteiger charge is 2.08. The maximum atomic E-state index is 10.4. The Morgan fingerprint density at radius 2 is 2.14 bits per heavy atom. The van der Waals surface area contributed by atoms with Gasteiger partial charge in [-0.1, -0.05) is 0 Å². The lowest BCUT2D eigenvalue weighted by Crippen LogP contribution is -2.22. The van der Waals surface area contributed by atoms with Gasteiger partial charge in [-0.3, -0.25) is 10.1 Å². The minimum absolute atomic E-state index is 0.0175. The number of rotatable bonds is 2. The van der Waals surface area contributed by atoms with Crippen LogP contribution in [0.5, 0.6) is 0 Å². The molecule has 7 heteroatoms. The zero-order valence-electron chi connectivity index (χ0n) is 6.98. The van der Waals surface area contributed by atoms with E-state index in [2.05, 4.69) is 4.99 Å². The number of guanidine groups is 1. The van der Waals surface area contributed by atoms with Gasteiger partial charge in [-0.05, 0) is 28.7 Å². The number of nitro benzene ring substituents is 1. The summed E-state index contributed by atoms with van der Waals surface area (Å²) in [6.45, 7) is 0. The molecule has 0 saturated heterocycles. The van der Waals surface area contributed by atoms with Gasteiger partial charge in [0.05, 0.1) is 10.6 Å². The molecule has 0 aliphatic rings. The summed E-state index contributed by atoms with van der Waals surface area (Å²) in [4.78, 5) is 13.7. The van der Waals surface area contributed by atoms with Crippen molar-refractivity contribution < 1.29 is 4.92 Å². The second-order valence-corrected chi connectivity index (χ2v) is 3.59. The average molecular weight is 306 g/mol. The van der Waals surface area contributed by atoms with Crippen LogP contribution in [-0.4, -0.2) is 10.9 Å². The molecular weight excluding hydrogens is 299 g/mol. The molecule has 0 amide bonds. The van der Waals surface area contributed by atoms with Gasteiger partial charge in [-0.15, -0.1) is 0 Å². The molecule has 0 heterocycles. The fraction of sp³-hybridized carbons (Fsp3) is 0. The summed E-state index contributed by atoms with van der Waals surface area (Å²) in [6.07, 6.45) is 0. The molecular formula is C7H7IN4O2. The maximum absolute atomic E-state index is 10.4. The van der Waals surface area contributed by atoms with Gasteiger partial charge in [0.2, 0.25) is 0 Å². The molecule has 1 rings (SSSR count). The molecule has 1 aromatic rings. The molecule has 0 bridgehead atoms. The minimum Gasteiger partial charge on any atom is -0.370 e. The van der Waals surface area contributed by atoms with E-state index in [1.807, 2.05) is 22.6 Å². The molecule has 0 spiro atoms. The smallest absolute Gasteiger partial charge is 0.270 e. The van der Waals surface area contributed by atoms with E-state index in [9.17, 15) is 10.1 Å². The van der Waals surface area contributed by atoms with E-state index in [0.29, 0.717) is 9.26 Å². The lowest BCUT2D eigenvalue weighted by atomic mass is 10.3. The molecule has 4 N–H and O–H groups in total. The third-order valence-electron chi connectivity index (χ3n) is 1.39. The van der Waals surface area contributed by atoms with E-state index >= 15 is 0 Å². The molecule has 0 aliphatic heterocycles. The Kier molecular flexibility index (Phi) is 3.23. The first kappa shape index (κ1) is 10.7. The standard InChI is InChI=1S/C7H7IN4O2/c8-5-3-4(12(13)14)1-2-6(5)11-7(9)10/h1-3H,(H4,9,10,11). The van der Waals surface area contributed by atoms with Crippen molar-refractivity contribution in [3.63, 3.8) is 0 Å². The van der Waals surface area contributed by atoms with E-state index < -0.39 is 4.92 Å². The lowest BCUT2D eigenvalue weighted by molar-refractivity contribution is -0.384. The molecule has 0 saturated carbocycles. The Balaban J connectivity index is 3.14. The molecule has 6 nitrogen and oxygen atoms in total. The maximum Gasteiger partial charge on any atom is 0.270 e. The zero-order valence-corrected chi connectivity index (χ0v) is 9.13. The van der Waals surface area contributed by atoms with Crippen molar-refractivity contribution in [2.75, 3.05) is 0 Å². The number of aliphatic imine (C=N–C) groups is 1. The third kappa shape index (κ3) is 2.55. The van der Waals surface area contributed by atoms with E-state index in [4.69, 9.17) is 11.5 Å². The van der Waals surface area contributed by atoms with Gasteiger partial charge in [-0.2, -0.15) is 0 Å². The summed E-state index contributed by atoms with van der Waals surface area (Å²) >= 11 is 1.93. The molecule has 0 atom stereocenters. The van der Waals surface area contributed by atoms with E-state index in [1.54, 1.807) is 0 Å². The second kappa shape index (κ2) is 4.22. The van der Waals surface area contributed by atoms with Gasteiger partial charge in [0, 0.05) is 15.7 Å². The molecule has 14 heavy (non-hydrogen) atoms. The molecule has 0 aromatic heterocycles. The summed E-state index contributed by atoms with van der Waals surface area (Å²) in [7, 11) is 0. The van der Waals surface area contributed by atoms with Crippen molar-refractivity contribution in [3.8, 4) is 0 Å². The van der Waals surface area contributed by atoms with Crippen LogP contribution >= 0.6 is 22.6 Å². The van der Waals surface area contributed by atoms with Crippen LogP contribution in [0.2, 0.25) is 0 Å². The number of nitrogens with two attached hydrogens (primary N) is 2. The van der Waals surface area contributed by atoms with Crippen molar-refractivity contribution in [1.29, 1.82) is 0 Å². The molecule has 0 radical (unpaired) electrons. The fourth-order valence-corrected chi connectivity index (χ4v) is 1.46. The number of nitrogens with zero attached hydrogens (tertiary/aromatic N) is 2. The quantitative estimate of drug-likeness (QED) is 0.280. The summed E-state index contributed by atoms with van der Waals surface area (Å²) in [5.74, 6) is -0.0724. The zero-order chi connectivity index (χ0) is 10.7. The van der Waals surface area contributed by atoms with Gasteiger partial charge in [0.15, 0.2) is 5.96 Å². The highest BCUT2D eigenvalue weighted by atomic mass is 127. The predicted molar refractivity (Wildman–Crippen MR) is 61.3 cm³/mol. The van der Waals surface area contributed by atoms with Crippen LogP contribution in [0, 0.1) is 13.7 Å². The lowest BCUT2D eigenvalue weighted by Gasteiger charge is -1.98. The summed E-state index contributed by atoms with van der Waals surface area (Å²) in [5, 5.41) is 10.4. The van der Waals surface area contributed by atoms with Gasteiger partial charge in [0.25, 0.3) is 5.69 Å². The molecule has 0 unspecified atom stereocenters. The Bertz CT molecular complexity index is 401. The number of nitro groups is 1. The van der Waals surface area contributed by atoms with Crippen LogP contribution in [0.3, 0.4) is 0 Å². The normalized spacial score (nSPS) is 9.50. The topological polar surface area (TPSA) is 108 Å². The molecule has 74 valence electrons. The highest BCUT2D eigenvalue weighted by Crippen LogP contribution is 2.25. The van der Waals surface area contributed by atoms with E-state index in [0.717, 1.165) is 0 Å². The predicted octanol–water partition coefficient (Wildman–Crippen LogP) is 1.10. The van der Waals surface area contributed by atoms with E-state index in [1.165, 1.54) is 18.2 Å². The second-order valence-electron chi connectivity index (χ2n) is 2.43. The average Bonchev–Trinajstić information content (AvgIpc) is 2.07. The van der Waals surface area contributed by atoms with Gasteiger partial charge in [0.1, 0.15) is 0 Å². The van der Waals surface area contributed by atoms with Crippen molar-refractivity contribution in [2.24, 2.45) is 16.5 Å². The number of non-ortho nitro benzene ring substituents is 1. The van der Waals surface area contributed by atoms with E-state index in [-0.39, 0.29) is 11.6 Å². The van der Waals surface area contributed by atoms with Gasteiger partial charge in [-0.25, -0.2) is 4.99 Å². The van der Waals surface area contributed by atoms with Crippen LogP contribution in [0.25, 0.3) is 0 Å². The monoisotopic (exact) mass is 306 g/mol. The van der Waals surface area contributed by atoms with Crippen molar-refractivity contribution in [1.82, 2.24) is 0 Å². The SMILES string of the molecule is NC(N)=Nc1ccc([N+](=O)[O-])cc1I. The fourth-order valence-electron chi connectivity index (χ4n) is 0.839. The van der Waals surface area contributed by atoms with Gasteiger partial charge < -0.3 is 11.5 Å². The summed E-state index contributed by atoms with van der Waals surface area (Å²) in [5.41, 5.74) is 10.9. The number of hydrogen-bond acceptors (Lipinski definition) is 3.